The molecule has 3 aromatic heterocycles. The van der Waals surface area contributed by atoms with E-state index in [1.54, 1.807) is 18.3 Å². The van der Waals surface area contributed by atoms with Crippen LogP contribution in [-0.2, 0) is 6.18 Å². The van der Waals surface area contributed by atoms with Crippen molar-refractivity contribution in [3.63, 3.8) is 0 Å². The van der Waals surface area contributed by atoms with Crippen LogP contribution in [0.3, 0.4) is 0 Å². The lowest BCUT2D eigenvalue weighted by molar-refractivity contribution is -0.133. The lowest BCUT2D eigenvalue weighted by Crippen LogP contribution is -2.22. The summed E-state index contributed by atoms with van der Waals surface area (Å²) in [5.41, 5.74) is 1.77. The predicted octanol–water partition coefficient (Wildman–Crippen LogP) is 6.03. The number of thiophene rings is 1. The second-order valence-corrected chi connectivity index (χ2v) is 13.6. The second-order valence-electron chi connectivity index (χ2n) is 7.07. The standard InChI is InChI=1S/C17H19F3N2OSSi/c1-25(2,3)9-7-23-14-5-4-13-15(22-14)12(10-21-13)11-6-8-24-16(11)17(18,19)20/h4-6,8,10,21H,7,9H2,1-3H3. The van der Waals surface area contributed by atoms with Gasteiger partial charge in [0.25, 0.3) is 0 Å². The van der Waals surface area contributed by atoms with E-state index in [1.165, 1.54) is 11.4 Å². The van der Waals surface area contributed by atoms with Crippen molar-refractivity contribution in [2.75, 3.05) is 6.61 Å². The summed E-state index contributed by atoms with van der Waals surface area (Å²) < 4.78 is 45.3. The number of ether oxygens (including phenoxy) is 1. The summed E-state index contributed by atoms with van der Waals surface area (Å²) in [6.45, 7) is 7.34. The zero-order valence-corrected chi connectivity index (χ0v) is 16.0. The molecule has 3 nitrogen and oxygen atoms in total. The number of pyridine rings is 1. The molecule has 3 heterocycles. The minimum Gasteiger partial charge on any atom is -0.478 e. The maximum absolute atomic E-state index is 13.2. The van der Waals surface area contributed by atoms with E-state index in [-0.39, 0.29) is 5.56 Å². The van der Waals surface area contributed by atoms with Gasteiger partial charge in [-0.3, -0.25) is 0 Å². The Labute approximate surface area is 148 Å². The number of rotatable bonds is 5. The number of nitrogens with zero attached hydrogens (tertiary/aromatic N) is 1. The largest absolute Gasteiger partial charge is 0.478 e. The summed E-state index contributed by atoms with van der Waals surface area (Å²) in [7, 11) is -1.22. The van der Waals surface area contributed by atoms with Crippen LogP contribution in [0.5, 0.6) is 5.88 Å². The average molecular weight is 384 g/mol. The molecule has 134 valence electrons. The van der Waals surface area contributed by atoms with Gasteiger partial charge in [0.05, 0.1) is 17.6 Å². The summed E-state index contributed by atoms with van der Waals surface area (Å²) in [6.07, 6.45) is -2.81. The van der Waals surface area contributed by atoms with E-state index < -0.39 is 19.1 Å². The fourth-order valence-electron chi connectivity index (χ4n) is 2.47. The van der Waals surface area contributed by atoms with Crippen molar-refractivity contribution in [3.8, 4) is 17.0 Å². The van der Waals surface area contributed by atoms with Crippen molar-refractivity contribution in [2.45, 2.75) is 31.9 Å². The molecule has 0 spiro atoms. The summed E-state index contributed by atoms with van der Waals surface area (Å²) in [6, 6.07) is 6.01. The van der Waals surface area contributed by atoms with E-state index >= 15 is 0 Å². The molecular weight excluding hydrogens is 365 g/mol. The van der Waals surface area contributed by atoms with Crippen molar-refractivity contribution in [1.29, 1.82) is 0 Å². The quantitative estimate of drug-likeness (QED) is 0.546. The van der Waals surface area contributed by atoms with Gasteiger partial charge < -0.3 is 9.72 Å². The van der Waals surface area contributed by atoms with Crippen LogP contribution < -0.4 is 4.74 Å². The molecular formula is C17H19F3N2OSSi. The highest BCUT2D eigenvalue weighted by molar-refractivity contribution is 7.10. The normalized spacial score (nSPS) is 12.7. The summed E-state index contributed by atoms with van der Waals surface area (Å²) in [5, 5.41) is 1.45. The molecule has 8 heteroatoms. The molecule has 0 saturated carbocycles. The van der Waals surface area contributed by atoms with E-state index in [0.717, 1.165) is 6.04 Å². The third-order valence-electron chi connectivity index (χ3n) is 3.81. The van der Waals surface area contributed by atoms with E-state index in [2.05, 4.69) is 29.6 Å². The Kier molecular flexibility index (Phi) is 4.67. The van der Waals surface area contributed by atoms with E-state index in [9.17, 15) is 13.2 Å². The number of aromatic nitrogens is 2. The molecule has 0 aliphatic rings. The van der Waals surface area contributed by atoms with Crippen LogP contribution >= 0.6 is 11.3 Å². The molecule has 0 unspecified atom stereocenters. The highest BCUT2D eigenvalue weighted by atomic mass is 32.1. The van der Waals surface area contributed by atoms with E-state index in [4.69, 9.17) is 4.74 Å². The van der Waals surface area contributed by atoms with Crippen LogP contribution in [0.4, 0.5) is 13.2 Å². The van der Waals surface area contributed by atoms with Gasteiger partial charge in [-0.2, -0.15) is 13.2 Å². The van der Waals surface area contributed by atoms with Crippen molar-refractivity contribution < 1.29 is 17.9 Å². The first-order chi connectivity index (χ1) is 11.6. The fourth-order valence-corrected chi connectivity index (χ4v) is 3.96. The lowest BCUT2D eigenvalue weighted by atomic mass is 10.1. The number of fused-ring (bicyclic) bond motifs is 1. The Hall–Kier alpha value is -1.80. The monoisotopic (exact) mass is 384 g/mol. The molecule has 0 radical (unpaired) electrons. The molecule has 0 aliphatic carbocycles. The summed E-state index contributed by atoms with van der Waals surface area (Å²) in [5.74, 6) is 0.440. The highest BCUT2D eigenvalue weighted by Crippen LogP contribution is 2.42. The van der Waals surface area contributed by atoms with E-state index in [1.807, 2.05) is 0 Å². The Morgan fingerprint density at radius 2 is 1.92 bits per heavy atom. The molecule has 3 rings (SSSR count). The number of aromatic amines is 1. The Morgan fingerprint density at radius 1 is 1.16 bits per heavy atom. The van der Waals surface area contributed by atoms with Gasteiger partial charge in [-0.05, 0) is 23.6 Å². The molecule has 0 atom stereocenters. The third kappa shape index (κ3) is 4.06. The molecule has 0 amide bonds. The number of hydrogen-bond donors (Lipinski definition) is 1. The van der Waals surface area contributed by atoms with Crippen molar-refractivity contribution in [1.82, 2.24) is 9.97 Å². The SMILES string of the molecule is C[Si](C)(C)CCOc1ccc2[nH]cc(-c3ccsc3C(F)(F)F)c2n1. The molecule has 25 heavy (non-hydrogen) atoms. The van der Waals surface area contributed by atoms with Gasteiger partial charge in [0, 0.05) is 31.5 Å². The van der Waals surface area contributed by atoms with Gasteiger partial charge in [0.1, 0.15) is 4.88 Å². The van der Waals surface area contributed by atoms with E-state index in [0.29, 0.717) is 40.4 Å². The Morgan fingerprint density at radius 3 is 2.60 bits per heavy atom. The van der Waals surface area contributed by atoms with Crippen LogP contribution in [0.1, 0.15) is 4.88 Å². The van der Waals surface area contributed by atoms with Crippen LogP contribution in [0, 0.1) is 0 Å². The van der Waals surface area contributed by atoms with Crippen molar-refractivity contribution >= 4 is 30.4 Å². The number of halogens is 3. The number of hydrogen-bond acceptors (Lipinski definition) is 3. The smallest absolute Gasteiger partial charge is 0.426 e. The minimum absolute atomic E-state index is 0.149. The zero-order valence-electron chi connectivity index (χ0n) is 14.2. The first kappa shape index (κ1) is 18.0. The van der Waals surface area contributed by atoms with Gasteiger partial charge >= 0.3 is 6.18 Å². The van der Waals surface area contributed by atoms with Crippen LogP contribution in [0.15, 0.2) is 29.8 Å². The van der Waals surface area contributed by atoms with Crippen LogP contribution in [0.2, 0.25) is 25.7 Å². The predicted molar refractivity (Wildman–Crippen MR) is 98.1 cm³/mol. The molecule has 0 aromatic carbocycles. The molecule has 0 bridgehead atoms. The maximum atomic E-state index is 13.2. The molecule has 3 aromatic rings. The Balaban J connectivity index is 1.93. The van der Waals surface area contributed by atoms with Gasteiger partial charge in [-0.1, -0.05) is 19.6 Å². The number of nitrogens with one attached hydrogen (secondary N) is 1. The first-order valence-corrected chi connectivity index (χ1v) is 12.5. The van der Waals surface area contributed by atoms with Crippen molar-refractivity contribution in [3.05, 3.63) is 34.7 Å². The maximum Gasteiger partial charge on any atom is 0.426 e. The lowest BCUT2D eigenvalue weighted by Gasteiger charge is -2.15. The third-order valence-corrected chi connectivity index (χ3v) is 6.48. The number of alkyl halides is 3. The summed E-state index contributed by atoms with van der Waals surface area (Å²) >= 11 is 0.691. The van der Waals surface area contributed by atoms with Crippen LogP contribution in [0.25, 0.3) is 22.2 Å². The van der Waals surface area contributed by atoms with Crippen LogP contribution in [-0.4, -0.2) is 24.6 Å². The first-order valence-electron chi connectivity index (χ1n) is 7.91. The number of H-pyrrole nitrogens is 1. The molecule has 0 aliphatic heterocycles. The van der Waals surface area contributed by atoms with Gasteiger partial charge in [-0.15, -0.1) is 11.3 Å². The molecule has 0 saturated heterocycles. The van der Waals surface area contributed by atoms with Crippen molar-refractivity contribution in [2.24, 2.45) is 0 Å². The fraction of sp³-hybridized carbons (Fsp3) is 0.353. The highest BCUT2D eigenvalue weighted by Gasteiger charge is 2.35. The van der Waals surface area contributed by atoms with Gasteiger partial charge in [0.2, 0.25) is 5.88 Å². The molecule has 0 fully saturated rings. The minimum atomic E-state index is -4.38. The average Bonchev–Trinajstić information content (AvgIpc) is 3.10. The second kappa shape index (κ2) is 6.49. The zero-order chi connectivity index (χ0) is 18.2. The summed E-state index contributed by atoms with van der Waals surface area (Å²) in [4.78, 5) is 6.81. The van der Waals surface area contributed by atoms with Gasteiger partial charge in [-0.25, -0.2) is 4.98 Å². The topological polar surface area (TPSA) is 37.9 Å². The molecule has 1 N–H and O–H groups in total. The Bertz CT molecular complexity index is 880. The van der Waals surface area contributed by atoms with Gasteiger partial charge in [0.15, 0.2) is 0 Å².